The van der Waals surface area contributed by atoms with Crippen LogP contribution in [0.25, 0.3) is 11.0 Å². The van der Waals surface area contributed by atoms with Crippen LogP contribution < -0.4 is 16.3 Å². The Hall–Kier alpha value is -4.73. The van der Waals surface area contributed by atoms with Crippen LogP contribution in [0.15, 0.2) is 53.5 Å². The summed E-state index contributed by atoms with van der Waals surface area (Å²) >= 11 is 0. The molecule has 1 atom stereocenters. The van der Waals surface area contributed by atoms with Crippen LogP contribution in [-0.4, -0.2) is 38.5 Å². The fourth-order valence-electron chi connectivity index (χ4n) is 6.16. The summed E-state index contributed by atoms with van der Waals surface area (Å²) in [7, 11) is 0. The molecule has 4 aromatic rings. The lowest BCUT2D eigenvalue weighted by Gasteiger charge is -2.20. The van der Waals surface area contributed by atoms with Gasteiger partial charge < -0.3 is 15.4 Å². The third kappa shape index (κ3) is 4.07. The largest absolute Gasteiger partial charge is 0.465 e. The summed E-state index contributed by atoms with van der Waals surface area (Å²) in [6.07, 6.45) is 2.74. The Morgan fingerprint density at radius 3 is 2.65 bits per heavy atom. The van der Waals surface area contributed by atoms with E-state index >= 15 is 0 Å². The number of esters is 1. The van der Waals surface area contributed by atoms with Gasteiger partial charge >= 0.3 is 11.7 Å². The summed E-state index contributed by atoms with van der Waals surface area (Å²) in [5, 5.41) is 5.81. The molecule has 2 aromatic heterocycles. The quantitative estimate of drug-likeness (QED) is 0.363. The molecule has 10 heteroatoms. The molecular weight excluding hydrogens is 510 g/mol. The molecule has 2 N–H and O–H groups in total. The monoisotopic (exact) mass is 539 g/mol. The molecule has 0 radical (unpaired) electrons. The van der Waals surface area contributed by atoms with E-state index < -0.39 is 17.1 Å². The first kappa shape index (κ1) is 25.5. The van der Waals surface area contributed by atoms with Crippen LogP contribution in [0.5, 0.6) is 0 Å². The number of amides is 2. The van der Waals surface area contributed by atoms with E-state index in [-0.39, 0.29) is 31.5 Å². The SMILES string of the molecule is CCOC(=O)Cn1c(=O)n(CC(=O)Nc2ccc3c(c2)CC2(C3)C(=O)Nc3ncccc32)c2cc(C)cc(C)c21. The number of pyridine rings is 1. The Balaban J connectivity index is 1.26. The lowest BCUT2D eigenvalue weighted by atomic mass is 9.79. The summed E-state index contributed by atoms with van der Waals surface area (Å²) in [5.41, 5.74) is 5.31. The average Bonchev–Trinajstić information content (AvgIpc) is 3.50. The highest BCUT2D eigenvalue weighted by Crippen LogP contribution is 2.46. The number of anilines is 2. The molecule has 3 heterocycles. The highest BCUT2D eigenvalue weighted by molar-refractivity contribution is 6.06. The van der Waals surface area contributed by atoms with Crippen LogP contribution in [-0.2, 0) is 50.5 Å². The first-order valence-electron chi connectivity index (χ1n) is 13.2. The standard InChI is InChI=1S/C30H29N5O5/c1-4-40-25(37)16-35-26-18(3)10-17(2)11-23(26)34(29(35)39)15-24(36)32-21-8-7-19-13-30(14-20(19)12-21)22-6-5-9-31-27(22)33-28(30)38/h5-12H,4,13-16H2,1-3H3,(H,32,36)(H,31,33,38). The molecule has 1 aliphatic carbocycles. The summed E-state index contributed by atoms with van der Waals surface area (Å²) in [6, 6.07) is 13.2. The van der Waals surface area contributed by atoms with Crippen LogP contribution in [0.2, 0.25) is 0 Å². The number of hydrogen-bond donors (Lipinski definition) is 2. The average molecular weight is 540 g/mol. The van der Waals surface area contributed by atoms with Crippen LogP contribution in [0, 0.1) is 13.8 Å². The molecule has 0 saturated heterocycles. The lowest BCUT2D eigenvalue weighted by molar-refractivity contribution is -0.143. The second-order valence-electron chi connectivity index (χ2n) is 10.5. The van der Waals surface area contributed by atoms with E-state index in [4.69, 9.17) is 4.74 Å². The van der Waals surface area contributed by atoms with E-state index in [9.17, 15) is 19.2 Å². The summed E-state index contributed by atoms with van der Waals surface area (Å²) in [5.74, 6) is -0.352. The van der Waals surface area contributed by atoms with Crippen molar-refractivity contribution in [1.82, 2.24) is 14.1 Å². The molecule has 0 bridgehead atoms. The van der Waals surface area contributed by atoms with Crippen LogP contribution in [0.3, 0.4) is 0 Å². The Bertz CT molecular complexity index is 1790. The van der Waals surface area contributed by atoms with Gasteiger partial charge in [-0.15, -0.1) is 0 Å². The molecule has 40 heavy (non-hydrogen) atoms. The highest BCUT2D eigenvalue weighted by Gasteiger charge is 2.51. The maximum Gasteiger partial charge on any atom is 0.330 e. The number of imidazole rings is 1. The Labute approximate surface area is 230 Å². The van der Waals surface area contributed by atoms with E-state index in [0.29, 0.717) is 35.4 Å². The number of aromatic nitrogens is 3. The zero-order valence-corrected chi connectivity index (χ0v) is 22.5. The Morgan fingerprint density at radius 2 is 1.85 bits per heavy atom. The predicted molar refractivity (Wildman–Crippen MR) is 149 cm³/mol. The number of nitrogens with one attached hydrogen (secondary N) is 2. The smallest absolute Gasteiger partial charge is 0.330 e. The Morgan fingerprint density at radius 1 is 1.05 bits per heavy atom. The molecule has 1 aliphatic heterocycles. The number of carbonyl (C=O) groups excluding carboxylic acids is 3. The lowest BCUT2D eigenvalue weighted by Crippen LogP contribution is -2.35. The minimum Gasteiger partial charge on any atom is -0.465 e. The molecule has 10 nitrogen and oxygen atoms in total. The molecule has 204 valence electrons. The normalized spacial score (nSPS) is 17.1. The third-order valence-electron chi connectivity index (χ3n) is 7.81. The van der Waals surface area contributed by atoms with Gasteiger partial charge in [0.2, 0.25) is 11.8 Å². The van der Waals surface area contributed by atoms with Gasteiger partial charge in [-0.1, -0.05) is 18.2 Å². The van der Waals surface area contributed by atoms with Crippen molar-refractivity contribution in [3.8, 4) is 0 Å². The fourth-order valence-corrected chi connectivity index (χ4v) is 6.16. The van der Waals surface area contributed by atoms with E-state index in [0.717, 1.165) is 27.8 Å². The fraction of sp³-hybridized carbons (Fsp3) is 0.300. The second-order valence-corrected chi connectivity index (χ2v) is 10.5. The topological polar surface area (TPSA) is 124 Å². The van der Waals surface area contributed by atoms with Gasteiger partial charge in [0.1, 0.15) is 18.9 Å². The molecule has 0 fully saturated rings. The van der Waals surface area contributed by atoms with E-state index in [2.05, 4.69) is 15.6 Å². The molecule has 2 amide bonds. The minimum atomic E-state index is -0.696. The van der Waals surface area contributed by atoms with Crippen molar-refractivity contribution in [3.63, 3.8) is 0 Å². The number of ether oxygens (including phenoxy) is 1. The number of rotatable bonds is 6. The summed E-state index contributed by atoms with van der Waals surface area (Å²) in [4.78, 5) is 56.1. The number of carbonyl (C=O) groups is 3. The van der Waals surface area contributed by atoms with Gasteiger partial charge in [0.25, 0.3) is 0 Å². The maximum absolute atomic E-state index is 13.4. The molecule has 2 aliphatic rings. The van der Waals surface area contributed by atoms with Gasteiger partial charge in [0.15, 0.2) is 0 Å². The number of nitrogens with zero attached hydrogens (tertiary/aromatic N) is 3. The number of benzene rings is 2. The molecule has 2 aromatic carbocycles. The summed E-state index contributed by atoms with van der Waals surface area (Å²) < 4.78 is 7.82. The van der Waals surface area contributed by atoms with E-state index in [1.165, 1.54) is 9.13 Å². The Kier molecular flexibility index (Phi) is 6.05. The van der Waals surface area contributed by atoms with Gasteiger partial charge in [0.05, 0.1) is 23.1 Å². The van der Waals surface area contributed by atoms with Crippen LogP contribution in [0.4, 0.5) is 11.5 Å². The maximum atomic E-state index is 13.4. The zero-order valence-electron chi connectivity index (χ0n) is 22.5. The van der Waals surface area contributed by atoms with Gasteiger partial charge in [0, 0.05) is 17.4 Å². The van der Waals surface area contributed by atoms with Gasteiger partial charge in [-0.25, -0.2) is 9.78 Å². The van der Waals surface area contributed by atoms with Crippen LogP contribution in [0.1, 0.15) is 34.7 Å². The van der Waals surface area contributed by atoms with Crippen LogP contribution >= 0.6 is 0 Å². The number of fused-ring (bicyclic) bond motifs is 4. The summed E-state index contributed by atoms with van der Waals surface area (Å²) in [6.45, 7) is 5.25. The van der Waals surface area contributed by atoms with Crippen molar-refractivity contribution < 1.29 is 19.1 Å². The predicted octanol–water partition coefficient (Wildman–Crippen LogP) is 3.01. The molecule has 6 rings (SSSR count). The third-order valence-corrected chi connectivity index (χ3v) is 7.81. The molecular formula is C30H29N5O5. The van der Waals surface area contributed by atoms with Crippen molar-refractivity contribution in [2.75, 3.05) is 17.2 Å². The van der Waals surface area contributed by atoms with E-state index in [1.54, 1.807) is 13.1 Å². The zero-order chi connectivity index (χ0) is 28.2. The van der Waals surface area contributed by atoms with Crippen molar-refractivity contribution >= 4 is 40.3 Å². The van der Waals surface area contributed by atoms with E-state index in [1.807, 2.05) is 56.3 Å². The van der Waals surface area contributed by atoms with Crippen molar-refractivity contribution in [2.24, 2.45) is 0 Å². The number of hydrogen-bond acceptors (Lipinski definition) is 6. The molecule has 1 unspecified atom stereocenters. The number of aryl methyl sites for hydroxylation is 2. The van der Waals surface area contributed by atoms with Crippen molar-refractivity contribution in [3.05, 3.63) is 87.0 Å². The van der Waals surface area contributed by atoms with Gasteiger partial charge in [-0.05, 0) is 80.1 Å². The first-order chi connectivity index (χ1) is 19.2. The minimum absolute atomic E-state index is 0.0628. The molecule has 0 saturated carbocycles. The van der Waals surface area contributed by atoms with Gasteiger partial charge in [-0.2, -0.15) is 0 Å². The molecule has 1 spiro atoms. The first-order valence-corrected chi connectivity index (χ1v) is 13.2. The second kappa shape index (κ2) is 9.48. The van der Waals surface area contributed by atoms with Gasteiger partial charge in [-0.3, -0.25) is 23.5 Å². The van der Waals surface area contributed by atoms with Crippen molar-refractivity contribution in [2.45, 2.75) is 52.1 Å². The highest BCUT2D eigenvalue weighted by atomic mass is 16.5. The van der Waals surface area contributed by atoms with Crippen molar-refractivity contribution in [1.29, 1.82) is 0 Å².